The smallest absolute Gasteiger partial charge is 0.211 e. The van der Waals surface area contributed by atoms with Gasteiger partial charge in [0.05, 0.1) is 17.6 Å². The molecule has 8 nitrogen and oxygen atoms in total. The lowest BCUT2D eigenvalue weighted by Crippen LogP contribution is -2.52. The van der Waals surface area contributed by atoms with E-state index in [4.69, 9.17) is 4.98 Å². The largest absolute Gasteiger partial charge is 0.363 e. The number of nitrogens with zero attached hydrogens (tertiary/aromatic N) is 5. The highest BCUT2D eigenvalue weighted by Gasteiger charge is 2.42. The zero-order valence-corrected chi connectivity index (χ0v) is 19.9. The molecule has 0 spiro atoms. The van der Waals surface area contributed by atoms with Crippen LogP contribution in [0.5, 0.6) is 0 Å². The Hall–Kier alpha value is -2.52. The highest BCUT2D eigenvalue weighted by atomic mass is 32.2. The lowest BCUT2D eigenvalue weighted by Gasteiger charge is -2.44. The standard InChI is InChI=1S/C23H30N6O2S/c1-15-11-19-18(13-28(15)20-6-9-25-22-17(20)5-8-24-22)21(27-14-26-19)16-7-10-29(32(4,30)31)23(2,3)12-16/h5-6,8-9,14-16H,7,10-13H2,1-4H3,(H,24,25)/t15-,16?/m1/s1. The van der Waals surface area contributed by atoms with Crippen LogP contribution in [0.4, 0.5) is 5.69 Å². The molecule has 0 aromatic carbocycles. The minimum Gasteiger partial charge on any atom is -0.363 e. The number of fused-ring (bicyclic) bond motifs is 2. The van der Waals surface area contributed by atoms with E-state index in [2.05, 4.69) is 38.9 Å². The number of rotatable bonds is 3. The van der Waals surface area contributed by atoms with E-state index >= 15 is 0 Å². The first-order valence-electron chi connectivity index (χ1n) is 11.1. The van der Waals surface area contributed by atoms with Crippen LogP contribution >= 0.6 is 0 Å². The Kier molecular flexibility index (Phi) is 5.01. The van der Waals surface area contributed by atoms with Gasteiger partial charge in [0.15, 0.2) is 0 Å². The maximum Gasteiger partial charge on any atom is 0.211 e. The lowest BCUT2D eigenvalue weighted by molar-refractivity contribution is 0.152. The summed E-state index contributed by atoms with van der Waals surface area (Å²) in [5.41, 5.74) is 4.99. The molecule has 0 bridgehead atoms. The summed E-state index contributed by atoms with van der Waals surface area (Å²) < 4.78 is 26.2. The van der Waals surface area contributed by atoms with Gasteiger partial charge in [0.1, 0.15) is 12.0 Å². The molecule has 0 radical (unpaired) electrons. The Labute approximate surface area is 189 Å². The van der Waals surface area contributed by atoms with Crippen LogP contribution in [0.25, 0.3) is 11.0 Å². The predicted octanol–water partition coefficient (Wildman–Crippen LogP) is 3.22. The minimum absolute atomic E-state index is 0.208. The second-order valence-corrected chi connectivity index (χ2v) is 11.7. The molecular formula is C23H30N6O2S. The van der Waals surface area contributed by atoms with Crippen molar-refractivity contribution in [1.29, 1.82) is 0 Å². The molecular weight excluding hydrogens is 424 g/mol. The number of hydrogen-bond donors (Lipinski definition) is 1. The molecule has 0 saturated carbocycles. The van der Waals surface area contributed by atoms with E-state index < -0.39 is 15.6 Å². The summed E-state index contributed by atoms with van der Waals surface area (Å²) in [5.74, 6) is 0.208. The van der Waals surface area contributed by atoms with Crippen LogP contribution < -0.4 is 4.90 Å². The van der Waals surface area contributed by atoms with E-state index in [1.54, 1.807) is 10.6 Å². The van der Waals surface area contributed by atoms with E-state index in [1.165, 1.54) is 11.8 Å². The Morgan fingerprint density at radius 2 is 2.00 bits per heavy atom. The van der Waals surface area contributed by atoms with Gasteiger partial charge in [0.25, 0.3) is 0 Å². The van der Waals surface area contributed by atoms with Crippen molar-refractivity contribution in [2.75, 3.05) is 17.7 Å². The molecule has 1 N–H and O–H groups in total. The van der Waals surface area contributed by atoms with Gasteiger partial charge in [0.2, 0.25) is 10.0 Å². The van der Waals surface area contributed by atoms with Crippen LogP contribution in [0.3, 0.4) is 0 Å². The lowest BCUT2D eigenvalue weighted by atomic mass is 9.80. The first-order chi connectivity index (χ1) is 15.1. The normalized spacial score (nSPS) is 23.9. The molecule has 170 valence electrons. The summed E-state index contributed by atoms with van der Waals surface area (Å²) in [6, 6.07) is 4.45. The molecule has 2 atom stereocenters. The Bertz CT molecular complexity index is 1270. The van der Waals surface area contributed by atoms with Crippen molar-refractivity contribution in [1.82, 2.24) is 24.2 Å². The zero-order chi connectivity index (χ0) is 22.7. The minimum atomic E-state index is -3.24. The van der Waals surface area contributed by atoms with Gasteiger partial charge in [-0.25, -0.2) is 23.4 Å². The first kappa shape index (κ1) is 21.3. The third-order valence-electron chi connectivity index (χ3n) is 7.05. The van der Waals surface area contributed by atoms with Gasteiger partial charge < -0.3 is 9.88 Å². The maximum atomic E-state index is 12.3. The highest BCUT2D eigenvalue weighted by Crippen LogP contribution is 2.41. The Morgan fingerprint density at radius 3 is 2.75 bits per heavy atom. The summed E-state index contributed by atoms with van der Waals surface area (Å²) >= 11 is 0. The molecule has 1 saturated heterocycles. The van der Waals surface area contributed by atoms with Gasteiger partial charge in [-0.1, -0.05) is 0 Å². The molecule has 1 unspecified atom stereocenters. The molecule has 3 aromatic rings. The average molecular weight is 455 g/mol. The van der Waals surface area contributed by atoms with Crippen molar-refractivity contribution in [3.8, 4) is 0 Å². The van der Waals surface area contributed by atoms with Gasteiger partial charge in [-0.2, -0.15) is 4.31 Å². The molecule has 2 aliphatic heterocycles. The van der Waals surface area contributed by atoms with Crippen molar-refractivity contribution < 1.29 is 8.42 Å². The number of sulfonamides is 1. The van der Waals surface area contributed by atoms with Crippen molar-refractivity contribution in [2.45, 2.75) is 64.1 Å². The Balaban J connectivity index is 1.50. The number of nitrogens with one attached hydrogen (secondary N) is 1. The van der Waals surface area contributed by atoms with Crippen LogP contribution in [0, 0.1) is 0 Å². The van der Waals surface area contributed by atoms with Gasteiger partial charge in [-0.05, 0) is 45.7 Å². The SMILES string of the molecule is C[C@@H]1Cc2ncnc(C3CCN(S(C)(=O)=O)C(C)(C)C3)c2CN1c1ccnc2[nH]ccc12. The fraction of sp³-hybridized carbons (Fsp3) is 0.522. The van der Waals surface area contributed by atoms with E-state index in [0.717, 1.165) is 53.9 Å². The fourth-order valence-corrected chi connectivity index (χ4v) is 7.04. The van der Waals surface area contributed by atoms with Crippen LogP contribution in [0.2, 0.25) is 0 Å². The van der Waals surface area contributed by atoms with E-state index in [1.807, 2.05) is 26.2 Å². The molecule has 5 rings (SSSR count). The van der Waals surface area contributed by atoms with Crippen LogP contribution in [0.1, 0.15) is 56.5 Å². The van der Waals surface area contributed by atoms with E-state index in [9.17, 15) is 8.42 Å². The summed E-state index contributed by atoms with van der Waals surface area (Å²) in [4.78, 5) is 19.4. The third kappa shape index (κ3) is 3.57. The number of aromatic nitrogens is 4. The first-order valence-corrected chi connectivity index (χ1v) is 13.0. The van der Waals surface area contributed by atoms with Crippen molar-refractivity contribution in [3.05, 3.63) is 47.8 Å². The average Bonchev–Trinajstić information content (AvgIpc) is 3.20. The molecule has 0 aliphatic carbocycles. The van der Waals surface area contributed by atoms with Crippen molar-refractivity contribution in [2.24, 2.45) is 0 Å². The molecule has 9 heteroatoms. The van der Waals surface area contributed by atoms with Crippen molar-refractivity contribution in [3.63, 3.8) is 0 Å². The monoisotopic (exact) mass is 454 g/mol. The van der Waals surface area contributed by atoms with E-state index in [-0.39, 0.29) is 5.92 Å². The predicted molar refractivity (Wildman–Crippen MR) is 125 cm³/mol. The van der Waals surface area contributed by atoms with Gasteiger partial charge in [-0.15, -0.1) is 0 Å². The van der Waals surface area contributed by atoms with Gasteiger partial charge >= 0.3 is 0 Å². The number of piperidine rings is 1. The van der Waals surface area contributed by atoms with E-state index in [0.29, 0.717) is 12.6 Å². The third-order valence-corrected chi connectivity index (χ3v) is 8.53. The summed E-state index contributed by atoms with van der Waals surface area (Å²) in [6.07, 6.45) is 9.13. The van der Waals surface area contributed by atoms with Crippen molar-refractivity contribution >= 4 is 26.7 Å². The molecule has 0 amide bonds. The summed E-state index contributed by atoms with van der Waals surface area (Å²) in [5, 5.41) is 1.11. The number of anilines is 1. The zero-order valence-electron chi connectivity index (χ0n) is 19.0. The van der Waals surface area contributed by atoms with Crippen LogP contribution in [0.15, 0.2) is 30.9 Å². The molecule has 2 aliphatic rings. The number of H-pyrrole nitrogens is 1. The molecule has 3 aromatic heterocycles. The maximum absolute atomic E-state index is 12.3. The van der Waals surface area contributed by atoms with Gasteiger partial charge in [-0.3, -0.25) is 0 Å². The second-order valence-electron chi connectivity index (χ2n) is 9.77. The Morgan fingerprint density at radius 1 is 1.19 bits per heavy atom. The fourth-order valence-electron chi connectivity index (χ4n) is 5.63. The number of hydrogen-bond acceptors (Lipinski definition) is 6. The number of aromatic amines is 1. The van der Waals surface area contributed by atoms with Crippen LogP contribution in [-0.2, 0) is 23.0 Å². The molecule has 1 fully saturated rings. The number of pyridine rings is 1. The highest BCUT2D eigenvalue weighted by molar-refractivity contribution is 7.88. The summed E-state index contributed by atoms with van der Waals surface area (Å²) in [7, 11) is -3.24. The quantitative estimate of drug-likeness (QED) is 0.653. The van der Waals surface area contributed by atoms with Gasteiger partial charge in [0, 0.05) is 66.0 Å². The topological polar surface area (TPSA) is 95.1 Å². The summed E-state index contributed by atoms with van der Waals surface area (Å²) in [6.45, 7) is 7.52. The van der Waals surface area contributed by atoms with Crippen LogP contribution in [-0.4, -0.2) is 57.0 Å². The molecule has 32 heavy (non-hydrogen) atoms. The molecule has 5 heterocycles. The second kappa shape index (κ2) is 7.52.